The molecule has 0 radical (unpaired) electrons. The van der Waals surface area contributed by atoms with Gasteiger partial charge in [0.2, 0.25) is 0 Å². The Kier molecular flexibility index (Phi) is 6.41. The third-order valence-corrected chi connectivity index (χ3v) is 2.63. The lowest BCUT2D eigenvalue weighted by molar-refractivity contribution is -0.131. The van der Waals surface area contributed by atoms with E-state index in [4.69, 9.17) is 15.2 Å². The first-order valence-electron chi connectivity index (χ1n) is 6.53. The van der Waals surface area contributed by atoms with Gasteiger partial charge in [-0.15, -0.1) is 0 Å². The van der Waals surface area contributed by atoms with Gasteiger partial charge in [-0.1, -0.05) is 0 Å². The van der Waals surface area contributed by atoms with Crippen molar-refractivity contribution in [3.63, 3.8) is 0 Å². The topological polar surface area (TPSA) is 73.6 Å². The Labute approximate surface area is 118 Å². The molecule has 0 aliphatic heterocycles. The summed E-state index contributed by atoms with van der Waals surface area (Å²) in [6.07, 6.45) is -0.828. The van der Waals surface area contributed by atoms with Crippen LogP contribution in [0.15, 0.2) is 18.2 Å². The number of nitrogens with one attached hydrogen (secondary N) is 1. The van der Waals surface area contributed by atoms with Crippen molar-refractivity contribution < 1.29 is 18.7 Å². The number of hydrogen-bond donors (Lipinski definition) is 2. The number of nitrogen functional groups attached to an aromatic ring is 1. The van der Waals surface area contributed by atoms with Crippen LogP contribution in [0.2, 0.25) is 0 Å². The maximum absolute atomic E-state index is 13.0. The molecule has 2 unspecified atom stereocenters. The van der Waals surface area contributed by atoms with Gasteiger partial charge in [-0.05, 0) is 39.0 Å². The normalized spacial score (nSPS) is 13.8. The molecule has 0 spiro atoms. The molecule has 2 atom stereocenters. The Bertz CT molecular complexity index is 454. The molecule has 0 aliphatic carbocycles. The van der Waals surface area contributed by atoms with Crippen LogP contribution in [0.3, 0.4) is 0 Å². The summed E-state index contributed by atoms with van der Waals surface area (Å²) in [7, 11) is 0. The summed E-state index contributed by atoms with van der Waals surface area (Å²) < 4.78 is 23.7. The van der Waals surface area contributed by atoms with Crippen molar-refractivity contribution in [2.45, 2.75) is 33.0 Å². The van der Waals surface area contributed by atoms with Gasteiger partial charge in [0.15, 0.2) is 0 Å². The standard InChI is InChI=1S/C14H21FN2O3/c1-4-19-8-9(2)20-10(3)14(18)17-11-5-6-12(15)13(16)7-11/h5-7,9-10H,4,8,16H2,1-3H3,(H,17,18). The molecule has 0 saturated heterocycles. The number of amides is 1. The van der Waals surface area contributed by atoms with Crippen LogP contribution < -0.4 is 11.1 Å². The van der Waals surface area contributed by atoms with E-state index in [-0.39, 0.29) is 17.7 Å². The van der Waals surface area contributed by atoms with E-state index in [0.29, 0.717) is 18.9 Å². The molecule has 6 heteroatoms. The number of ether oxygens (including phenoxy) is 2. The highest BCUT2D eigenvalue weighted by atomic mass is 19.1. The Morgan fingerprint density at radius 3 is 2.75 bits per heavy atom. The van der Waals surface area contributed by atoms with Crippen molar-refractivity contribution in [3.8, 4) is 0 Å². The molecule has 1 amide bonds. The molecule has 1 rings (SSSR count). The number of anilines is 2. The van der Waals surface area contributed by atoms with Crippen molar-refractivity contribution in [1.29, 1.82) is 0 Å². The first-order chi connectivity index (χ1) is 9.43. The Balaban J connectivity index is 2.50. The van der Waals surface area contributed by atoms with E-state index in [1.807, 2.05) is 13.8 Å². The summed E-state index contributed by atoms with van der Waals surface area (Å²) in [5.41, 5.74) is 5.85. The van der Waals surface area contributed by atoms with Crippen LogP contribution >= 0.6 is 0 Å². The number of benzene rings is 1. The van der Waals surface area contributed by atoms with Crippen molar-refractivity contribution in [1.82, 2.24) is 0 Å². The molecule has 0 fully saturated rings. The molecule has 0 heterocycles. The number of carbonyl (C=O) groups is 1. The maximum Gasteiger partial charge on any atom is 0.253 e. The van der Waals surface area contributed by atoms with Crippen LogP contribution in [-0.2, 0) is 14.3 Å². The third kappa shape index (κ3) is 5.14. The average Bonchev–Trinajstić information content (AvgIpc) is 2.40. The highest BCUT2D eigenvalue weighted by Gasteiger charge is 2.17. The van der Waals surface area contributed by atoms with E-state index < -0.39 is 11.9 Å². The fourth-order valence-corrected chi connectivity index (χ4v) is 1.60. The van der Waals surface area contributed by atoms with Gasteiger partial charge < -0.3 is 20.5 Å². The Hall–Kier alpha value is -1.66. The highest BCUT2D eigenvalue weighted by molar-refractivity contribution is 5.94. The number of hydrogen-bond acceptors (Lipinski definition) is 4. The van der Waals surface area contributed by atoms with E-state index in [0.717, 1.165) is 0 Å². The minimum atomic E-state index is -0.642. The van der Waals surface area contributed by atoms with Crippen LogP contribution in [0.1, 0.15) is 20.8 Å². The molecule has 1 aromatic carbocycles. The molecule has 0 aliphatic rings. The summed E-state index contributed by atoms with van der Waals surface area (Å²) in [5.74, 6) is -0.836. The minimum Gasteiger partial charge on any atom is -0.396 e. The average molecular weight is 284 g/mol. The van der Waals surface area contributed by atoms with Crippen molar-refractivity contribution in [3.05, 3.63) is 24.0 Å². The van der Waals surface area contributed by atoms with Gasteiger partial charge >= 0.3 is 0 Å². The summed E-state index contributed by atoms with van der Waals surface area (Å²) in [6, 6.07) is 4.01. The summed E-state index contributed by atoms with van der Waals surface area (Å²) in [5, 5.41) is 2.62. The third-order valence-electron chi connectivity index (χ3n) is 2.63. The Morgan fingerprint density at radius 1 is 1.45 bits per heavy atom. The smallest absolute Gasteiger partial charge is 0.253 e. The second kappa shape index (κ2) is 7.81. The highest BCUT2D eigenvalue weighted by Crippen LogP contribution is 2.16. The number of halogens is 1. The second-order valence-electron chi connectivity index (χ2n) is 4.47. The molecule has 0 bridgehead atoms. The van der Waals surface area contributed by atoms with E-state index >= 15 is 0 Å². The van der Waals surface area contributed by atoms with Crippen LogP contribution in [0.4, 0.5) is 15.8 Å². The van der Waals surface area contributed by atoms with Crippen molar-refractivity contribution in [2.75, 3.05) is 24.3 Å². The zero-order valence-electron chi connectivity index (χ0n) is 12.0. The lowest BCUT2D eigenvalue weighted by Crippen LogP contribution is -2.32. The van der Waals surface area contributed by atoms with Crippen molar-refractivity contribution in [2.24, 2.45) is 0 Å². The zero-order chi connectivity index (χ0) is 15.1. The monoisotopic (exact) mass is 284 g/mol. The molecule has 20 heavy (non-hydrogen) atoms. The van der Waals surface area contributed by atoms with E-state index in [1.54, 1.807) is 6.92 Å². The molecule has 1 aromatic rings. The molecule has 0 saturated carbocycles. The van der Waals surface area contributed by atoms with Crippen LogP contribution in [0, 0.1) is 5.82 Å². The largest absolute Gasteiger partial charge is 0.396 e. The predicted octanol–water partition coefficient (Wildman–Crippen LogP) is 2.18. The number of nitrogens with two attached hydrogens (primary N) is 1. The van der Waals surface area contributed by atoms with Crippen LogP contribution in [-0.4, -0.2) is 31.3 Å². The van der Waals surface area contributed by atoms with Gasteiger partial charge in [-0.2, -0.15) is 0 Å². The molecule has 5 nitrogen and oxygen atoms in total. The summed E-state index contributed by atoms with van der Waals surface area (Å²) >= 11 is 0. The quantitative estimate of drug-likeness (QED) is 0.753. The van der Waals surface area contributed by atoms with E-state index in [9.17, 15) is 9.18 Å². The van der Waals surface area contributed by atoms with E-state index in [2.05, 4.69) is 5.32 Å². The lowest BCUT2D eigenvalue weighted by Gasteiger charge is -2.18. The van der Waals surface area contributed by atoms with Gasteiger partial charge in [-0.3, -0.25) is 4.79 Å². The maximum atomic E-state index is 13.0. The van der Waals surface area contributed by atoms with Crippen LogP contribution in [0.5, 0.6) is 0 Å². The SMILES string of the molecule is CCOCC(C)OC(C)C(=O)Nc1ccc(F)c(N)c1. The molecular formula is C14H21FN2O3. The van der Waals surface area contributed by atoms with Gasteiger partial charge in [-0.25, -0.2) is 4.39 Å². The van der Waals surface area contributed by atoms with E-state index in [1.165, 1.54) is 18.2 Å². The van der Waals surface area contributed by atoms with Crippen molar-refractivity contribution >= 4 is 17.3 Å². The Morgan fingerprint density at radius 2 is 2.15 bits per heavy atom. The molecular weight excluding hydrogens is 263 g/mol. The molecule has 112 valence electrons. The van der Waals surface area contributed by atoms with Gasteiger partial charge in [0, 0.05) is 12.3 Å². The molecule has 0 aromatic heterocycles. The summed E-state index contributed by atoms with van der Waals surface area (Å²) in [6.45, 7) is 6.39. The predicted molar refractivity (Wildman–Crippen MR) is 75.9 cm³/mol. The number of rotatable bonds is 7. The first kappa shape index (κ1) is 16.4. The molecule has 3 N–H and O–H groups in total. The minimum absolute atomic E-state index is 0.0129. The second-order valence-corrected chi connectivity index (χ2v) is 4.47. The summed E-state index contributed by atoms with van der Waals surface area (Å²) in [4.78, 5) is 11.9. The fraction of sp³-hybridized carbons (Fsp3) is 0.500. The lowest BCUT2D eigenvalue weighted by atomic mass is 10.2. The van der Waals surface area contributed by atoms with Crippen LogP contribution in [0.25, 0.3) is 0 Å². The zero-order valence-corrected chi connectivity index (χ0v) is 12.0. The first-order valence-corrected chi connectivity index (χ1v) is 6.53. The van der Waals surface area contributed by atoms with Gasteiger partial charge in [0.05, 0.1) is 18.4 Å². The number of carbonyl (C=O) groups excluding carboxylic acids is 1. The fourth-order valence-electron chi connectivity index (χ4n) is 1.60. The van der Waals surface area contributed by atoms with Gasteiger partial charge in [0.1, 0.15) is 11.9 Å². The van der Waals surface area contributed by atoms with Gasteiger partial charge in [0.25, 0.3) is 5.91 Å².